The van der Waals surface area contributed by atoms with Gasteiger partial charge in [0.05, 0.1) is 12.2 Å². The highest BCUT2D eigenvalue weighted by atomic mass is 16.5. The zero-order chi connectivity index (χ0) is 11.9. The van der Waals surface area contributed by atoms with Crippen LogP contribution in [0.3, 0.4) is 0 Å². The van der Waals surface area contributed by atoms with Crippen molar-refractivity contribution in [3.05, 3.63) is 12.2 Å². The number of hydrogen-bond donors (Lipinski definition) is 1. The lowest BCUT2D eigenvalue weighted by Crippen LogP contribution is -2.37. The molecule has 0 aromatic carbocycles. The second-order valence-corrected chi connectivity index (χ2v) is 5.24. The van der Waals surface area contributed by atoms with Gasteiger partial charge in [-0.1, -0.05) is 12.5 Å². The molecule has 0 aromatic heterocycles. The van der Waals surface area contributed by atoms with Crippen molar-refractivity contribution in [3.8, 4) is 0 Å². The maximum Gasteiger partial charge on any atom is 0.0629 e. The summed E-state index contributed by atoms with van der Waals surface area (Å²) in [5.41, 5.74) is 1.16. The summed E-state index contributed by atoms with van der Waals surface area (Å²) in [6, 6.07) is 0.404. The molecule has 2 heteroatoms. The summed E-state index contributed by atoms with van der Waals surface area (Å²) in [6.07, 6.45) is 2.15. The van der Waals surface area contributed by atoms with E-state index in [2.05, 4.69) is 46.5 Å². The maximum absolute atomic E-state index is 5.79. The molecule has 0 aromatic rings. The zero-order valence-corrected chi connectivity index (χ0v) is 11.0. The van der Waals surface area contributed by atoms with Crippen molar-refractivity contribution < 1.29 is 4.74 Å². The topological polar surface area (TPSA) is 21.3 Å². The second-order valence-electron chi connectivity index (χ2n) is 5.24. The summed E-state index contributed by atoms with van der Waals surface area (Å²) in [7, 11) is 0. The van der Waals surface area contributed by atoms with Gasteiger partial charge in [-0.05, 0) is 47.1 Å². The Bertz CT molecular complexity index is 181. The van der Waals surface area contributed by atoms with E-state index in [1.807, 2.05) is 0 Å². The Hall–Kier alpha value is -0.340. The quantitative estimate of drug-likeness (QED) is 0.656. The number of nitrogens with one attached hydrogen (secondary N) is 1. The van der Waals surface area contributed by atoms with Crippen molar-refractivity contribution in [2.24, 2.45) is 0 Å². The van der Waals surface area contributed by atoms with Crippen LogP contribution in [0.1, 0.15) is 47.5 Å². The average Bonchev–Trinajstić information content (AvgIpc) is 2.07. The van der Waals surface area contributed by atoms with Crippen molar-refractivity contribution in [1.29, 1.82) is 0 Å². The van der Waals surface area contributed by atoms with Crippen LogP contribution < -0.4 is 5.32 Å². The molecule has 0 saturated carbocycles. The van der Waals surface area contributed by atoms with Crippen LogP contribution in [-0.4, -0.2) is 24.8 Å². The van der Waals surface area contributed by atoms with Crippen molar-refractivity contribution >= 4 is 0 Å². The van der Waals surface area contributed by atoms with Gasteiger partial charge >= 0.3 is 0 Å². The number of rotatable bonds is 7. The standard InChI is InChI=1S/C13H27NO/c1-7-8-14-12(9-11(2)3)10-15-13(4,5)6/h12,14H,2,7-10H2,1,3-6H3. The fourth-order valence-electron chi connectivity index (χ4n) is 1.31. The molecule has 0 radical (unpaired) electrons. The summed E-state index contributed by atoms with van der Waals surface area (Å²) in [5, 5.41) is 3.49. The first-order valence-corrected chi connectivity index (χ1v) is 5.87. The fourth-order valence-corrected chi connectivity index (χ4v) is 1.31. The van der Waals surface area contributed by atoms with E-state index >= 15 is 0 Å². The molecule has 0 aliphatic heterocycles. The van der Waals surface area contributed by atoms with Gasteiger partial charge in [-0.3, -0.25) is 0 Å². The van der Waals surface area contributed by atoms with Gasteiger partial charge in [0.2, 0.25) is 0 Å². The predicted molar refractivity (Wildman–Crippen MR) is 67.2 cm³/mol. The van der Waals surface area contributed by atoms with Gasteiger partial charge in [0.25, 0.3) is 0 Å². The molecule has 90 valence electrons. The molecule has 2 nitrogen and oxygen atoms in total. The molecule has 0 aliphatic carbocycles. The van der Waals surface area contributed by atoms with Crippen LogP contribution in [0.25, 0.3) is 0 Å². The van der Waals surface area contributed by atoms with E-state index in [0.717, 1.165) is 26.0 Å². The molecule has 0 aliphatic rings. The molecule has 1 N–H and O–H groups in total. The van der Waals surface area contributed by atoms with Crippen molar-refractivity contribution in [3.63, 3.8) is 0 Å². The smallest absolute Gasteiger partial charge is 0.0629 e. The van der Waals surface area contributed by atoms with Crippen molar-refractivity contribution in [2.75, 3.05) is 13.2 Å². The minimum Gasteiger partial charge on any atom is -0.374 e. The van der Waals surface area contributed by atoms with Gasteiger partial charge in [0.15, 0.2) is 0 Å². The Morgan fingerprint density at radius 3 is 2.40 bits per heavy atom. The second kappa shape index (κ2) is 7.02. The third kappa shape index (κ3) is 9.95. The third-order valence-corrected chi connectivity index (χ3v) is 2.00. The number of hydrogen-bond acceptors (Lipinski definition) is 2. The molecule has 0 rings (SSSR count). The fraction of sp³-hybridized carbons (Fsp3) is 0.846. The van der Waals surface area contributed by atoms with Crippen LogP contribution in [0.4, 0.5) is 0 Å². The lowest BCUT2D eigenvalue weighted by atomic mass is 10.1. The largest absolute Gasteiger partial charge is 0.374 e. The summed E-state index contributed by atoms with van der Waals surface area (Å²) < 4.78 is 5.79. The predicted octanol–water partition coefficient (Wildman–Crippen LogP) is 3.14. The van der Waals surface area contributed by atoms with E-state index in [-0.39, 0.29) is 5.60 Å². The molecule has 0 heterocycles. The molecule has 0 spiro atoms. The molecule has 0 bridgehead atoms. The Kier molecular flexibility index (Phi) is 6.86. The monoisotopic (exact) mass is 213 g/mol. The first kappa shape index (κ1) is 14.7. The first-order valence-electron chi connectivity index (χ1n) is 5.87. The third-order valence-electron chi connectivity index (χ3n) is 2.00. The van der Waals surface area contributed by atoms with Gasteiger partial charge < -0.3 is 10.1 Å². The van der Waals surface area contributed by atoms with Crippen molar-refractivity contribution in [2.45, 2.75) is 59.1 Å². The summed E-state index contributed by atoms with van der Waals surface area (Å²) >= 11 is 0. The van der Waals surface area contributed by atoms with Gasteiger partial charge in [-0.25, -0.2) is 0 Å². The van der Waals surface area contributed by atoms with Crippen LogP contribution in [0.15, 0.2) is 12.2 Å². The molecule has 0 saturated heterocycles. The van der Waals surface area contributed by atoms with Crippen LogP contribution in [0.2, 0.25) is 0 Å². The minimum atomic E-state index is -0.0543. The summed E-state index contributed by atoms with van der Waals surface area (Å²) in [5.74, 6) is 0. The average molecular weight is 213 g/mol. The van der Waals surface area contributed by atoms with Crippen molar-refractivity contribution in [1.82, 2.24) is 5.32 Å². The Balaban J connectivity index is 3.95. The Morgan fingerprint density at radius 2 is 2.00 bits per heavy atom. The van der Waals surface area contributed by atoms with Gasteiger partial charge in [-0.2, -0.15) is 0 Å². The summed E-state index contributed by atoms with van der Waals surface area (Å²) in [6.45, 7) is 16.3. The van der Waals surface area contributed by atoms with Crippen LogP contribution in [-0.2, 0) is 4.74 Å². The molecular weight excluding hydrogens is 186 g/mol. The molecule has 15 heavy (non-hydrogen) atoms. The van der Waals surface area contributed by atoms with Crippen LogP contribution in [0, 0.1) is 0 Å². The molecule has 0 fully saturated rings. The highest BCUT2D eigenvalue weighted by Gasteiger charge is 2.14. The van der Waals surface area contributed by atoms with E-state index < -0.39 is 0 Å². The Labute approximate surface area is 95.1 Å². The summed E-state index contributed by atoms with van der Waals surface area (Å²) in [4.78, 5) is 0. The van der Waals surface area contributed by atoms with E-state index in [1.165, 1.54) is 5.57 Å². The van der Waals surface area contributed by atoms with E-state index in [1.54, 1.807) is 0 Å². The van der Waals surface area contributed by atoms with Gasteiger partial charge in [0, 0.05) is 6.04 Å². The molecule has 1 atom stereocenters. The SMILES string of the molecule is C=C(C)CC(COC(C)(C)C)NCCC. The van der Waals surface area contributed by atoms with E-state index in [4.69, 9.17) is 4.74 Å². The molecular formula is C13H27NO. The normalized spacial score (nSPS) is 13.9. The van der Waals surface area contributed by atoms with E-state index in [0.29, 0.717) is 6.04 Å². The molecule has 1 unspecified atom stereocenters. The highest BCUT2D eigenvalue weighted by Crippen LogP contribution is 2.10. The molecule has 0 amide bonds. The lowest BCUT2D eigenvalue weighted by Gasteiger charge is -2.25. The highest BCUT2D eigenvalue weighted by molar-refractivity contribution is 4.93. The first-order chi connectivity index (χ1) is 6.85. The van der Waals surface area contributed by atoms with E-state index in [9.17, 15) is 0 Å². The van der Waals surface area contributed by atoms with Crippen LogP contribution >= 0.6 is 0 Å². The zero-order valence-electron chi connectivity index (χ0n) is 11.0. The number of ether oxygens (including phenoxy) is 1. The maximum atomic E-state index is 5.79. The van der Waals surface area contributed by atoms with Gasteiger partial charge in [0.1, 0.15) is 0 Å². The lowest BCUT2D eigenvalue weighted by molar-refractivity contribution is -0.0143. The van der Waals surface area contributed by atoms with Crippen LogP contribution in [0.5, 0.6) is 0 Å². The van der Waals surface area contributed by atoms with Gasteiger partial charge in [-0.15, -0.1) is 6.58 Å². The minimum absolute atomic E-state index is 0.0543. The Morgan fingerprint density at radius 1 is 1.40 bits per heavy atom.